The van der Waals surface area contributed by atoms with Crippen molar-refractivity contribution in [1.29, 1.82) is 0 Å². The second kappa shape index (κ2) is 9.19. The Hall–Kier alpha value is -3.04. The van der Waals surface area contributed by atoms with Crippen molar-refractivity contribution in [2.45, 2.75) is 6.61 Å². The number of hydrogen-bond acceptors (Lipinski definition) is 6. The average molecular weight is 451 g/mol. The van der Waals surface area contributed by atoms with Gasteiger partial charge in [-0.2, -0.15) is 0 Å². The molecule has 2 aromatic rings. The van der Waals surface area contributed by atoms with E-state index in [9.17, 15) is 18.8 Å². The zero-order chi connectivity index (χ0) is 21.8. The maximum Gasteiger partial charge on any atom is 0.294 e. The molecule has 1 aliphatic heterocycles. The smallest absolute Gasteiger partial charge is 0.294 e. The highest BCUT2D eigenvalue weighted by Gasteiger charge is 2.35. The molecule has 1 fully saturated rings. The molecular formula is C20H16ClFN2O5S. The molecule has 2 aromatic carbocycles. The van der Waals surface area contributed by atoms with Crippen molar-refractivity contribution in [3.8, 4) is 11.5 Å². The van der Waals surface area contributed by atoms with Crippen LogP contribution in [0.2, 0.25) is 5.02 Å². The second-order valence-corrected chi connectivity index (χ2v) is 7.53. The minimum absolute atomic E-state index is 0.104. The fourth-order valence-electron chi connectivity index (χ4n) is 2.66. The number of rotatable bonds is 7. The van der Waals surface area contributed by atoms with E-state index in [1.165, 1.54) is 25.3 Å². The predicted molar refractivity (Wildman–Crippen MR) is 111 cm³/mol. The lowest BCUT2D eigenvalue weighted by molar-refractivity contribution is -0.127. The third kappa shape index (κ3) is 4.74. The molecule has 3 amide bonds. The average Bonchev–Trinajstić information content (AvgIpc) is 2.95. The van der Waals surface area contributed by atoms with Crippen LogP contribution in [0.3, 0.4) is 0 Å². The summed E-state index contributed by atoms with van der Waals surface area (Å²) >= 11 is 6.71. The Morgan fingerprint density at radius 3 is 2.70 bits per heavy atom. The summed E-state index contributed by atoms with van der Waals surface area (Å²) in [4.78, 5) is 36.2. The molecule has 1 heterocycles. The first-order chi connectivity index (χ1) is 14.3. The molecular weight excluding hydrogens is 435 g/mol. The quantitative estimate of drug-likeness (QED) is 0.647. The highest BCUT2D eigenvalue weighted by atomic mass is 35.5. The standard InChI is InChI=1S/C20H16ClFN2O5S/c1-28-16-7-11(8-17-19(26)24(9-18(23)25)20(27)30-17)5-6-15(16)29-10-12-13(21)3-2-4-14(12)22/h2-8H,9-10H2,1H3,(H2,23,25)/b17-8-. The van der Waals surface area contributed by atoms with Crippen LogP contribution in [-0.4, -0.2) is 35.6 Å². The van der Waals surface area contributed by atoms with E-state index in [-0.39, 0.29) is 22.1 Å². The van der Waals surface area contributed by atoms with Crippen molar-refractivity contribution in [3.05, 3.63) is 63.3 Å². The summed E-state index contributed by atoms with van der Waals surface area (Å²) in [6, 6.07) is 9.18. The number of halogens is 2. The zero-order valence-corrected chi connectivity index (χ0v) is 17.3. The Balaban J connectivity index is 1.79. The molecule has 156 valence electrons. The van der Waals surface area contributed by atoms with Crippen molar-refractivity contribution >= 4 is 46.5 Å². The van der Waals surface area contributed by atoms with Gasteiger partial charge in [-0.3, -0.25) is 19.3 Å². The van der Waals surface area contributed by atoms with Crippen LogP contribution in [-0.2, 0) is 16.2 Å². The van der Waals surface area contributed by atoms with Crippen LogP contribution in [0.4, 0.5) is 9.18 Å². The number of nitrogens with two attached hydrogens (primary N) is 1. The lowest BCUT2D eigenvalue weighted by Crippen LogP contribution is -2.36. The number of hydrogen-bond donors (Lipinski definition) is 1. The number of primary amides is 1. The number of imide groups is 1. The number of ether oxygens (including phenoxy) is 2. The van der Waals surface area contributed by atoms with Crippen molar-refractivity contribution in [1.82, 2.24) is 4.90 Å². The topological polar surface area (TPSA) is 98.9 Å². The molecule has 10 heteroatoms. The van der Waals surface area contributed by atoms with E-state index in [0.717, 1.165) is 4.90 Å². The van der Waals surface area contributed by atoms with Gasteiger partial charge in [-0.1, -0.05) is 23.7 Å². The Morgan fingerprint density at radius 2 is 2.03 bits per heavy atom. The van der Waals surface area contributed by atoms with Gasteiger partial charge >= 0.3 is 0 Å². The van der Waals surface area contributed by atoms with E-state index in [4.69, 9.17) is 26.8 Å². The van der Waals surface area contributed by atoms with Crippen molar-refractivity contribution in [3.63, 3.8) is 0 Å². The van der Waals surface area contributed by atoms with Gasteiger partial charge in [0.25, 0.3) is 11.1 Å². The molecule has 0 spiro atoms. The van der Waals surface area contributed by atoms with Crippen molar-refractivity contribution in [2.75, 3.05) is 13.7 Å². The van der Waals surface area contributed by atoms with Gasteiger partial charge in [0.05, 0.1) is 17.0 Å². The lowest BCUT2D eigenvalue weighted by atomic mass is 10.1. The van der Waals surface area contributed by atoms with Gasteiger partial charge < -0.3 is 15.2 Å². The molecule has 1 aliphatic rings. The minimum Gasteiger partial charge on any atom is -0.493 e. The van der Waals surface area contributed by atoms with Crippen LogP contribution in [0.25, 0.3) is 6.08 Å². The number of benzene rings is 2. The number of carbonyl (C=O) groups excluding carboxylic acids is 3. The number of methoxy groups -OCH3 is 1. The Bertz CT molecular complexity index is 1040. The van der Waals surface area contributed by atoms with Gasteiger partial charge in [-0.25, -0.2) is 4.39 Å². The van der Waals surface area contributed by atoms with E-state index in [2.05, 4.69) is 0 Å². The molecule has 0 radical (unpaired) electrons. The summed E-state index contributed by atoms with van der Waals surface area (Å²) in [5, 5.41) is -0.323. The third-order valence-corrected chi connectivity index (χ3v) is 5.37. The van der Waals surface area contributed by atoms with E-state index >= 15 is 0 Å². The SMILES string of the molecule is COc1cc(/C=C2\SC(=O)N(CC(N)=O)C2=O)ccc1OCc1c(F)cccc1Cl. The van der Waals surface area contributed by atoms with Gasteiger partial charge in [0, 0.05) is 5.56 Å². The maximum atomic E-state index is 13.9. The second-order valence-electron chi connectivity index (χ2n) is 6.13. The van der Waals surface area contributed by atoms with Gasteiger partial charge in [-0.05, 0) is 47.7 Å². The fourth-order valence-corrected chi connectivity index (χ4v) is 3.71. The molecule has 30 heavy (non-hydrogen) atoms. The number of nitrogens with zero attached hydrogens (tertiary/aromatic N) is 1. The van der Waals surface area contributed by atoms with Crippen LogP contribution in [0, 0.1) is 5.82 Å². The van der Waals surface area contributed by atoms with Crippen LogP contribution in [0.5, 0.6) is 11.5 Å². The van der Waals surface area contributed by atoms with Crippen molar-refractivity contribution < 1.29 is 28.2 Å². The molecule has 0 unspecified atom stereocenters. The Kier molecular flexibility index (Phi) is 6.63. The first kappa shape index (κ1) is 21.7. The molecule has 0 aromatic heterocycles. The van der Waals surface area contributed by atoms with E-state index < -0.39 is 29.4 Å². The highest BCUT2D eigenvalue weighted by molar-refractivity contribution is 8.18. The minimum atomic E-state index is -0.781. The first-order valence-corrected chi connectivity index (χ1v) is 9.77. The summed E-state index contributed by atoms with van der Waals surface area (Å²) in [7, 11) is 1.43. The maximum absolute atomic E-state index is 13.9. The normalized spacial score (nSPS) is 15.0. The zero-order valence-electron chi connectivity index (χ0n) is 15.7. The van der Waals surface area contributed by atoms with Gasteiger partial charge in [0.2, 0.25) is 5.91 Å². The first-order valence-electron chi connectivity index (χ1n) is 8.57. The van der Waals surface area contributed by atoms with E-state index in [1.807, 2.05) is 0 Å². The van der Waals surface area contributed by atoms with Gasteiger partial charge in [0.15, 0.2) is 11.5 Å². The number of carbonyl (C=O) groups is 3. The Labute approximate surface area is 180 Å². The van der Waals surface area contributed by atoms with Crippen LogP contribution in [0.1, 0.15) is 11.1 Å². The van der Waals surface area contributed by atoms with Gasteiger partial charge in [-0.15, -0.1) is 0 Å². The molecule has 1 saturated heterocycles. The van der Waals surface area contributed by atoms with E-state index in [1.54, 1.807) is 24.3 Å². The molecule has 0 atom stereocenters. The lowest BCUT2D eigenvalue weighted by Gasteiger charge is -2.13. The highest BCUT2D eigenvalue weighted by Crippen LogP contribution is 2.35. The monoisotopic (exact) mass is 450 g/mol. The molecule has 0 saturated carbocycles. The largest absolute Gasteiger partial charge is 0.493 e. The summed E-state index contributed by atoms with van der Waals surface area (Å²) < 4.78 is 24.9. The fraction of sp³-hybridized carbons (Fsp3) is 0.150. The Morgan fingerprint density at radius 1 is 1.27 bits per heavy atom. The van der Waals surface area contributed by atoms with Crippen LogP contribution in [0.15, 0.2) is 41.3 Å². The molecule has 0 aliphatic carbocycles. The van der Waals surface area contributed by atoms with Crippen LogP contribution < -0.4 is 15.2 Å². The predicted octanol–water partition coefficient (Wildman–Crippen LogP) is 3.59. The summed E-state index contributed by atoms with van der Waals surface area (Å²) in [6.07, 6.45) is 1.49. The summed E-state index contributed by atoms with van der Waals surface area (Å²) in [5.74, 6) is -1.18. The number of thioether (sulfide) groups is 1. The third-order valence-electron chi connectivity index (χ3n) is 4.11. The summed E-state index contributed by atoms with van der Waals surface area (Å²) in [5.41, 5.74) is 5.84. The van der Waals surface area contributed by atoms with Gasteiger partial charge in [0.1, 0.15) is 19.0 Å². The molecule has 2 N–H and O–H groups in total. The molecule has 0 bridgehead atoms. The molecule has 7 nitrogen and oxygen atoms in total. The van der Waals surface area contributed by atoms with Crippen LogP contribution >= 0.6 is 23.4 Å². The molecule has 3 rings (SSSR count). The van der Waals surface area contributed by atoms with Crippen molar-refractivity contribution in [2.24, 2.45) is 5.73 Å². The van der Waals surface area contributed by atoms with E-state index in [0.29, 0.717) is 28.8 Å². The summed E-state index contributed by atoms with van der Waals surface area (Å²) in [6.45, 7) is -0.579. The number of amides is 3.